The summed E-state index contributed by atoms with van der Waals surface area (Å²) >= 11 is 12.4. The number of aldehydes is 1. The third-order valence-electron chi connectivity index (χ3n) is 2.51. The summed E-state index contributed by atoms with van der Waals surface area (Å²) in [6.45, 7) is 0. The lowest BCUT2D eigenvalue weighted by Gasteiger charge is -2.10. The predicted molar refractivity (Wildman–Crippen MR) is 85.4 cm³/mol. The number of nitro benzene ring substituents is 1. The van der Waals surface area contributed by atoms with Crippen LogP contribution in [0, 0.1) is 10.1 Å². The number of halogens is 3. The van der Waals surface area contributed by atoms with E-state index in [1.54, 1.807) is 6.07 Å². The lowest BCUT2D eigenvalue weighted by atomic mass is 10.2. The fourth-order valence-corrected chi connectivity index (χ4v) is 3.07. The molecule has 0 heterocycles. The number of non-ortho nitro benzene ring substituents is 1. The highest BCUT2D eigenvalue weighted by molar-refractivity contribution is 9.11. The molecule has 2 aromatic rings. The van der Waals surface area contributed by atoms with Gasteiger partial charge in [0.15, 0.2) is 12.0 Å². The monoisotopic (exact) mass is 433 g/mol. The smallest absolute Gasteiger partial charge is 0.271 e. The quantitative estimate of drug-likeness (QED) is 0.367. The van der Waals surface area contributed by atoms with E-state index in [9.17, 15) is 14.9 Å². The fourth-order valence-electron chi connectivity index (χ4n) is 1.53. The Morgan fingerprint density at radius 2 is 1.81 bits per heavy atom. The summed E-state index contributed by atoms with van der Waals surface area (Å²) in [5.41, 5.74) is 0.279. The van der Waals surface area contributed by atoms with Crippen LogP contribution in [0.4, 0.5) is 5.69 Å². The molecular weight excluding hydrogens is 429 g/mol. The molecule has 0 unspecified atom stereocenters. The first-order valence-electron chi connectivity index (χ1n) is 5.48. The molecule has 0 saturated heterocycles. The van der Waals surface area contributed by atoms with Crippen molar-refractivity contribution >= 4 is 55.4 Å². The zero-order valence-corrected chi connectivity index (χ0v) is 14.1. The maximum Gasteiger partial charge on any atom is 0.271 e. The molecule has 2 aromatic carbocycles. The SMILES string of the molecule is O=Cc1ccc(Oc2c(Br)cc([N+](=O)[O-])cc2Br)cc1Cl. The van der Waals surface area contributed by atoms with Crippen molar-refractivity contribution in [1.82, 2.24) is 0 Å². The highest BCUT2D eigenvalue weighted by Crippen LogP contribution is 2.40. The molecule has 0 atom stereocenters. The molecular formula is C13H6Br2ClNO4. The van der Waals surface area contributed by atoms with Gasteiger partial charge < -0.3 is 4.74 Å². The summed E-state index contributed by atoms with van der Waals surface area (Å²) in [7, 11) is 0. The Labute approximate surface area is 141 Å². The lowest BCUT2D eigenvalue weighted by molar-refractivity contribution is -0.385. The van der Waals surface area contributed by atoms with Gasteiger partial charge in [-0.2, -0.15) is 0 Å². The van der Waals surface area contributed by atoms with Crippen molar-refractivity contribution in [3.8, 4) is 11.5 Å². The maximum atomic E-state index is 10.8. The molecule has 0 spiro atoms. The molecule has 8 heteroatoms. The standard InChI is InChI=1S/C13H6Br2ClNO4/c14-10-3-8(17(19)20)4-11(15)13(10)21-9-2-1-7(6-18)12(16)5-9/h1-6H. The van der Waals surface area contributed by atoms with Crippen molar-refractivity contribution in [2.45, 2.75) is 0 Å². The van der Waals surface area contributed by atoms with Crippen LogP contribution >= 0.6 is 43.5 Å². The molecule has 5 nitrogen and oxygen atoms in total. The molecule has 0 bridgehead atoms. The molecule has 2 rings (SSSR count). The van der Waals surface area contributed by atoms with Crippen molar-refractivity contribution in [1.29, 1.82) is 0 Å². The molecule has 0 amide bonds. The Morgan fingerprint density at radius 3 is 2.29 bits per heavy atom. The van der Waals surface area contributed by atoms with Crippen LogP contribution < -0.4 is 4.74 Å². The minimum atomic E-state index is -0.505. The zero-order chi connectivity index (χ0) is 15.6. The van der Waals surface area contributed by atoms with Gasteiger partial charge in [0.05, 0.1) is 18.9 Å². The van der Waals surface area contributed by atoms with Crippen molar-refractivity contribution in [2.75, 3.05) is 0 Å². The van der Waals surface area contributed by atoms with Crippen LogP contribution in [0.3, 0.4) is 0 Å². The summed E-state index contributed by atoms with van der Waals surface area (Å²) in [6.07, 6.45) is 0.643. The number of benzene rings is 2. The number of carbonyl (C=O) groups excluding carboxylic acids is 1. The number of nitrogens with zero attached hydrogens (tertiary/aromatic N) is 1. The molecule has 0 N–H and O–H groups in total. The molecule has 0 aliphatic carbocycles. The third-order valence-corrected chi connectivity index (χ3v) is 4.02. The van der Waals surface area contributed by atoms with Crippen molar-refractivity contribution in [2.24, 2.45) is 0 Å². The van der Waals surface area contributed by atoms with Gasteiger partial charge in [0.1, 0.15) is 5.75 Å². The van der Waals surface area contributed by atoms with Gasteiger partial charge in [-0.05, 0) is 44.0 Å². The van der Waals surface area contributed by atoms with Gasteiger partial charge in [0, 0.05) is 23.8 Å². The number of hydrogen-bond acceptors (Lipinski definition) is 4. The van der Waals surface area contributed by atoms with Gasteiger partial charge >= 0.3 is 0 Å². The summed E-state index contributed by atoms with van der Waals surface area (Å²) in [6, 6.07) is 7.27. The molecule has 0 aliphatic rings. The van der Waals surface area contributed by atoms with Gasteiger partial charge in [-0.15, -0.1) is 0 Å². The second-order valence-electron chi connectivity index (χ2n) is 3.90. The van der Waals surface area contributed by atoms with Gasteiger partial charge in [0.2, 0.25) is 0 Å². The van der Waals surface area contributed by atoms with E-state index in [1.165, 1.54) is 24.3 Å². The molecule has 0 saturated carbocycles. The Hall–Kier alpha value is -1.44. The number of hydrogen-bond donors (Lipinski definition) is 0. The fraction of sp³-hybridized carbons (Fsp3) is 0. The van der Waals surface area contributed by atoms with E-state index in [0.717, 1.165) is 0 Å². The van der Waals surface area contributed by atoms with E-state index in [-0.39, 0.29) is 10.7 Å². The summed E-state index contributed by atoms with van der Waals surface area (Å²) in [5.74, 6) is 0.774. The van der Waals surface area contributed by atoms with Crippen molar-refractivity contribution in [3.05, 3.63) is 60.0 Å². The van der Waals surface area contributed by atoms with E-state index in [1.807, 2.05) is 0 Å². The highest BCUT2D eigenvalue weighted by atomic mass is 79.9. The number of rotatable bonds is 4. The van der Waals surface area contributed by atoms with E-state index >= 15 is 0 Å². The summed E-state index contributed by atoms with van der Waals surface area (Å²) in [5, 5.41) is 11.0. The second kappa shape index (κ2) is 6.55. The van der Waals surface area contributed by atoms with Crippen molar-refractivity contribution < 1.29 is 14.5 Å². The third kappa shape index (κ3) is 3.61. The molecule has 0 radical (unpaired) electrons. The summed E-state index contributed by atoms with van der Waals surface area (Å²) < 4.78 is 6.47. The normalized spacial score (nSPS) is 10.2. The van der Waals surface area contributed by atoms with Crippen LogP contribution in [0.2, 0.25) is 5.02 Å². The summed E-state index contributed by atoms with van der Waals surface area (Å²) in [4.78, 5) is 21.0. The first-order valence-corrected chi connectivity index (χ1v) is 7.45. The topological polar surface area (TPSA) is 69.4 Å². The Balaban J connectivity index is 2.38. The molecule has 108 valence electrons. The van der Waals surface area contributed by atoms with Crippen LogP contribution in [0.25, 0.3) is 0 Å². The molecule has 0 aliphatic heterocycles. The highest BCUT2D eigenvalue weighted by Gasteiger charge is 2.16. The number of carbonyl (C=O) groups is 1. The maximum absolute atomic E-state index is 10.8. The first kappa shape index (κ1) is 15.9. The minimum absolute atomic E-state index is 0.0737. The van der Waals surface area contributed by atoms with E-state index in [2.05, 4.69) is 31.9 Å². The average molecular weight is 435 g/mol. The lowest BCUT2D eigenvalue weighted by Crippen LogP contribution is -1.92. The van der Waals surface area contributed by atoms with Crippen LogP contribution in [-0.4, -0.2) is 11.2 Å². The van der Waals surface area contributed by atoms with Crippen LogP contribution in [-0.2, 0) is 0 Å². The zero-order valence-electron chi connectivity index (χ0n) is 10.2. The van der Waals surface area contributed by atoms with Crippen LogP contribution in [0.15, 0.2) is 39.3 Å². The van der Waals surface area contributed by atoms with E-state index < -0.39 is 4.92 Å². The number of nitro groups is 1. The van der Waals surface area contributed by atoms with Crippen LogP contribution in [0.5, 0.6) is 11.5 Å². The first-order chi connectivity index (χ1) is 9.92. The molecule has 0 aromatic heterocycles. The van der Waals surface area contributed by atoms with Gasteiger partial charge in [-0.3, -0.25) is 14.9 Å². The van der Waals surface area contributed by atoms with E-state index in [4.69, 9.17) is 16.3 Å². The van der Waals surface area contributed by atoms with E-state index in [0.29, 0.717) is 32.3 Å². The Bertz CT molecular complexity index is 713. The Morgan fingerprint density at radius 1 is 1.19 bits per heavy atom. The average Bonchev–Trinajstić information content (AvgIpc) is 2.42. The van der Waals surface area contributed by atoms with Crippen LogP contribution in [0.1, 0.15) is 10.4 Å². The second-order valence-corrected chi connectivity index (χ2v) is 6.01. The van der Waals surface area contributed by atoms with Gasteiger partial charge in [-0.1, -0.05) is 11.6 Å². The van der Waals surface area contributed by atoms with Gasteiger partial charge in [-0.25, -0.2) is 0 Å². The predicted octanol–water partition coefficient (Wildman–Crippen LogP) is 5.38. The largest absolute Gasteiger partial charge is 0.455 e. The molecule has 21 heavy (non-hydrogen) atoms. The molecule has 0 fully saturated rings. The number of ether oxygens (including phenoxy) is 1. The minimum Gasteiger partial charge on any atom is -0.455 e. The Kier molecular flexibility index (Phi) is 4.97. The van der Waals surface area contributed by atoms with Gasteiger partial charge in [0.25, 0.3) is 5.69 Å². The van der Waals surface area contributed by atoms with Crippen molar-refractivity contribution in [3.63, 3.8) is 0 Å².